The number of hydrogen-bond donors (Lipinski definition) is 3. The number of carbonyl (C=O) groups is 1. The number of nitrogens with one attached hydrogen (secondary N) is 2. The molecule has 3 N–H and O–H groups in total. The van der Waals surface area contributed by atoms with Gasteiger partial charge in [0.25, 0.3) is 0 Å². The highest BCUT2D eigenvalue weighted by Crippen LogP contribution is 2.17. The van der Waals surface area contributed by atoms with Crippen LogP contribution in [0.2, 0.25) is 0 Å². The number of anilines is 1. The maximum atomic E-state index is 11.9. The van der Waals surface area contributed by atoms with Gasteiger partial charge in [-0.2, -0.15) is 0 Å². The lowest BCUT2D eigenvalue weighted by Gasteiger charge is -2.14. The molecule has 0 heterocycles. The number of hydrogen-bond acceptors (Lipinski definition) is 3. The van der Waals surface area contributed by atoms with Crippen molar-refractivity contribution in [2.45, 2.75) is 33.0 Å². The highest BCUT2D eigenvalue weighted by Gasteiger charge is 2.08. The first kappa shape index (κ1) is 18.8. The Morgan fingerprint density at radius 1 is 1.08 bits per heavy atom. The number of aliphatic hydroxyl groups is 1. The van der Waals surface area contributed by atoms with Gasteiger partial charge in [0.05, 0.1) is 6.10 Å². The molecule has 134 valence electrons. The molecule has 0 spiro atoms. The van der Waals surface area contributed by atoms with Gasteiger partial charge in [-0.3, -0.25) is 0 Å². The van der Waals surface area contributed by atoms with Crippen molar-refractivity contribution in [1.29, 1.82) is 0 Å². The number of ether oxygens (including phenoxy) is 1. The maximum absolute atomic E-state index is 11.9. The lowest BCUT2D eigenvalue weighted by molar-refractivity contribution is 0.163. The summed E-state index contributed by atoms with van der Waals surface area (Å²) in [6, 6.07) is 17.0. The van der Waals surface area contributed by atoms with E-state index in [1.807, 2.05) is 49.4 Å². The number of benzene rings is 2. The zero-order chi connectivity index (χ0) is 18.1. The highest BCUT2D eigenvalue weighted by molar-refractivity contribution is 5.89. The lowest BCUT2D eigenvalue weighted by Crippen LogP contribution is -2.33. The van der Waals surface area contributed by atoms with Gasteiger partial charge >= 0.3 is 6.03 Å². The molecule has 5 nitrogen and oxygen atoms in total. The third kappa shape index (κ3) is 7.27. The van der Waals surface area contributed by atoms with Crippen molar-refractivity contribution < 1.29 is 14.6 Å². The summed E-state index contributed by atoms with van der Waals surface area (Å²) in [4.78, 5) is 11.9. The van der Waals surface area contributed by atoms with Crippen LogP contribution >= 0.6 is 0 Å². The number of carbonyl (C=O) groups excluding carboxylic acids is 1. The monoisotopic (exact) mass is 342 g/mol. The summed E-state index contributed by atoms with van der Waals surface area (Å²) in [7, 11) is 0. The summed E-state index contributed by atoms with van der Waals surface area (Å²) in [5.74, 6) is 0.972. The lowest BCUT2D eigenvalue weighted by atomic mass is 10.1. The molecule has 25 heavy (non-hydrogen) atoms. The van der Waals surface area contributed by atoms with E-state index in [0.717, 1.165) is 11.3 Å². The van der Waals surface area contributed by atoms with E-state index in [2.05, 4.69) is 10.6 Å². The second kappa shape index (κ2) is 9.69. The summed E-state index contributed by atoms with van der Waals surface area (Å²) in [6.45, 7) is 4.77. The van der Waals surface area contributed by atoms with E-state index in [1.165, 1.54) is 0 Å². The Labute approximate surface area is 149 Å². The van der Waals surface area contributed by atoms with Gasteiger partial charge in [0.1, 0.15) is 12.4 Å². The molecule has 2 amide bonds. The average Bonchev–Trinajstić information content (AvgIpc) is 2.60. The Bertz CT molecular complexity index is 642. The highest BCUT2D eigenvalue weighted by atomic mass is 16.5. The van der Waals surface area contributed by atoms with E-state index in [4.69, 9.17) is 4.74 Å². The van der Waals surface area contributed by atoms with Crippen molar-refractivity contribution in [3.05, 3.63) is 60.2 Å². The first-order valence-corrected chi connectivity index (χ1v) is 8.52. The molecule has 2 atom stereocenters. The summed E-state index contributed by atoms with van der Waals surface area (Å²) in [5, 5.41) is 14.9. The molecular formula is C20H26N2O3. The van der Waals surface area contributed by atoms with Crippen LogP contribution in [0.4, 0.5) is 10.5 Å². The molecule has 0 bridgehead atoms. The van der Waals surface area contributed by atoms with Crippen LogP contribution in [-0.2, 0) is 6.61 Å². The van der Waals surface area contributed by atoms with Crippen LogP contribution in [0.3, 0.4) is 0 Å². The summed E-state index contributed by atoms with van der Waals surface area (Å²) < 4.78 is 5.72. The first-order chi connectivity index (χ1) is 12.0. The van der Waals surface area contributed by atoms with E-state index < -0.39 is 0 Å². The van der Waals surface area contributed by atoms with Gasteiger partial charge in [0, 0.05) is 12.2 Å². The van der Waals surface area contributed by atoms with Gasteiger partial charge in [-0.15, -0.1) is 0 Å². The van der Waals surface area contributed by atoms with Crippen LogP contribution in [0.15, 0.2) is 54.6 Å². The summed E-state index contributed by atoms with van der Waals surface area (Å²) >= 11 is 0. The standard InChI is InChI=1S/C20H26N2O3/c1-15(12-16(2)23)13-21-20(24)22-18-8-10-19(11-9-18)25-14-17-6-4-3-5-7-17/h3-11,15-16,23H,12-14H2,1-2H3,(H2,21,22,24). The van der Waals surface area contributed by atoms with Crippen molar-refractivity contribution >= 4 is 11.7 Å². The topological polar surface area (TPSA) is 70.6 Å². The van der Waals surface area contributed by atoms with E-state index in [9.17, 15) is 9.90 Å². The van der Waals surface area contributed by atoms with E-state index in [-0.39, 0.29) is 18.1 Å². The average molecular weight is 342 g/mol. The Balaban J connectivity index is 1.75. The third-order valence-corrected chi connectivity index (χ3v) is 3.72. The van der Waals surface area contributed by atoms with Gasteiger partial charge in [0.2, 0.25) is 0 Å². The molecule has 0 radical (unpaired) electrons. The number of urea groups is 1. The van der Waals surface area contributed by atoms with Crippen LogP contribution in [-0.4, -0.2) is 23.8 Å². The van der Waals surface area contributed by atoms with Gasteiger partial charge in [-0.05, 0) is 49.1 Å². The molecule has 2 unspecified atom stereocenters. The second-order valence-electron chi connectivity index (χ2n) is 6.32. The molecule has 2 aromatic rings. The minimum atomic E-state index is -0.358. The molecule has 5 heteroatoms. The molecule has 0 saturated carbocycles. The largest absolute Gasteiger partial charge is 0.489 e. The Morgan fingerprint density at radius 3 is 2.40 bits per heavy atom. The van der Waals surface area contributed by atoms with E-state index in [1.54, 1.807) is 19.1 Å². The molecule has 0 fully saturated rings. The number of aliphatic hydroxyl groups excluding tert-OH is 1. The molecule has 0 aliphatic carbocycles. The van der Waals surface area contributed by atoms with Gasteiger partial charge < -0.3 is 20.5 Å². The molecular weight excluding hydrogens is 316 g/mol. The Kier molecular flexibility index (Phi) is 7.29. The van der Waals surface area contributed by atoms with Gasteiger partial charge in [-0.1, -0.05) is 37.3 Å². The third-order valence-electron chi connectivity index (χ3n) is 3.72. The van der Waals surface area contributed by atoms with E-state index >= 15 is 0 Å². The molecule has 0 aromatic heterocycles. The van der Waals surface area contributed by atoms with Crippen LogP contribution in [0.1, 0.15) is 25.8 Å². The quantitative estimate of drug-likeness (QED) is 0.683. The maximum Gasteiger partial charge on any atom is 0.319 e. The van der Waals surface area contributed by atoms with Crippen LogP contribution < -0.4 is 15.4 Å². The second-order valence-corrected chi connectivity index (χ2v) is 6.32. The van der Waals surface area contributed by atoms with Crippen LogP contribution in [0, 0.1) is 5.92 Å². The normalized spacial score (nSPS) is 12.9. The van der Waals surface area contributed by atoms with Gasteiger partial charge in [-0.25, -0.2) is 4.79 Å². The molecule has 2 aromatic carbocycles. The minimum absolute atomic E-state index is 0.222. The van der Waals surface area contributed by atoms with Gasteiger partial charge in [0.15, 0.2) is 0 Å². The smallest absolute Gasteiger partial charge is 0.319 e. The fourth-order valence-electron chi connectivity index (χ4n) is 2.48. The van der Waals surface area contributed by atoms with Crippen LogP contribution in [0.5, 0.6) is 5.75 Å². The predicted octanol–water partition coefficient (Wildman–Crippen LogP) is 3.79. The fraction of sp³-hybridized carbons (Fsp3) is 0.350. The van der Waals surface area contributed by atoms with Crippen molar-refractivity contribution in [2.75, 3.05) is 11.9 Å². The summed E-state index contributed by atoms with van der Waals surface area (Å²) in [5.41, 5.74) is 1.81. The van der Waals surface area contributed by atoms with Crippen molar-refractivity contribution in [1.82, 2.24) is 5.32 Å². The molecule has 0 aliphatic heterocycles. The predicted molar refractivity (Wildman–Crippen MR) is 99.7 cm³/mol. The summed E-state index contributed by atoms with van der Waals surface area (Å²) in [6.07, 6.45) is 0.302. The SMILES string of the molecule is CC(O)CC(C)CNC(=O)Nc1ccc(OCc2ccccc2)cc1. The van der Waals surface area contributed by atoms with E-state index in [0.29, 0.717) is 25.3 Å². The van der Waals surface area contributed by atoms with Crippen LogP contribution in [0.25, 0.3) is 0 Å². The number of rotatable bonds is 8. The zero-order valence-corrected chi connectivity index (χ0v) is 14.7. The number of amides is 2. The molecule has 0 saturated heterocycles. The molecule has 2 rings (SSSR count). The Morgan fingerprint density at radius 2 is 1.76 bits per heavy atom. The van der Waals surface area contributed by atoms with Crippen molar-refractivity contribution in [3.8, 4) is 5.75 Å². The molecule has 0 aliphatic rings. The zero-order valence-electron chi connectivity index (χ0n) is 14.7. The van der Waals surface area contributed by atoms with Crippen molar-refractivity contribution in [3.63, 3.8) is 0 Å². The minimum Gasteiger partial charge on any atom is -0.489 e. The Hall–Kier alpha value is -2.53. The fourth-order valence-corrected chi connectivity index (χ4v) is 2.48. The van der Waals surface area contributed by atoms with Crippen molar-refractivity contribution in [2.24, 2.45) is 5.92 Å². The first-order valence-electron chi connectivity index (χ1n) is 8.52.